The van der Waals surface area contributed by atoms with Crippen LogP contribution in [0.2, 0.25) is 0 Å². The molecule has 1 aliphatic carbocycles. The van der Waals surface area contributed by atoms with Crippen molar-refractivity contribution in [3.8, 4) is 11.5 Å². The van der Waals surface area contributed by atoms with Crippen LogP contribution in [-0.4, -0.2) is 44.6 Å². The predicted octanol–water partition coefficient (Wildman–Crippen LogP) is 4.94. The molecule has 0 radical (unpaired) electrons. The van der Waals surface area contributed by atoms with Crippen LogP contribution < -0.4 is 9.47 Å². The van der Waals surface area contributed by atoms with E-state index >= 15 is 0 Å². The average Bonchev–Trinajstić information content (AvgIpc) is 3.30. The highest BCUT2D eigenvalue weighted by Crippen LogP contribution is 2.50. The maximum absolute atomic E-state index is 13.7. The van der Waals surface area contributed by atoms with Gasteiger partial charge in [-0.2, -0.15) is 0 Å². The first-order chi connectivity index (χ1) is 17.0. The number of carbonyl (C=O) groups is 2. The molecule has 0 spiro atoms. The molecule has 7 nitrogen and oxygen atoms in total. The van der Waals surface area contributed by atoms with Gasteiger partial charge in [-0.1, -0.05) is 46.3 Å². The molecule has 2 aromatic rings. The summed E-state index contributed by atoms with van der Waals surface area (Å²) in [6, 6.07) is 13.7. The molecule has 0 amide bonds. The van der Waals surface area contributed by atoms with Gasteiger partial charge in [-0.3, -0.25) is 14.6 Å². The van der Waals surface area contributed by atoms with E-state index < -0.39 is 17.8 Å². The number of esters is 1. The highest BCUT2D eigenvalue weighted by atomic mass is 79.9. The molecule has 0 aromatic heterocycles. The van der Waals surface area contributed by atoms with Gasteiger partial charge in [0.15, 0.2) is 17.3 Å². The third-order valence-electron chi connectivity index (χ3n) is 6.77. The number of hydrogen-bond donors (Lipinski definition) is 0. The number of benzene rings is 2. The van der Waals surface area contributed by atoms with E-state index in [9.17, 15) is 9.59 Å². The summed E-state index contributed by atoms with van der Waals surface area (Å²) >= 11 is 3.65. The zero-order valence-electron chi connectivity index (χ0n) is 19.6. The van der Waals surface area contributed by atoms with Crippen LogP contribution in [0.1, 0.15) is 42.7 Å². The third kappa shape index (κ3) is 4.52. The maximum Gasteiger partial charge on any atom is 0.315 e. The van der Waals surface area contributed by atoms with Gasteiger partial charge in [0, 0.05) is 40.9 Å². The Kier molecular flexibility index (Phi) is 6.75. The van der Waals surface area contributed by atoms with Gasteiger partial charge >= 0.3 is 5.97 Å². The first-order valence-electron chi connectivity index (χ1n) is 11.6. The Morgan fingerprint density at radius 3 is 2.60 bits per heavy atom. The number of ether oxygens (including phenoxy) is 4. The Bertz CT molecular complexity index is 1220. The Hall–Kier alpha value is -2.97. The second-order valence-electron chi connectivity index (χ2n) is 8.90. The first kappa shape index (κ1) is 23.8. The molecule has 35 heavy (non-hydrogen) atoms. The molecule has 1 unspecified atom stereocenters. The zero-order valence-corrected chi connectivity index (χ0v) is 21.2. The zero-order chi connectivity index (χ0) is 24.5. The number of fused-ring (bicyclic) bond motifs is 1. The molecule has 3 aliphatic rings. The quantitative estimate of drug-likeness (QED) is 0.381. The molecule has 182 valence electrons. The molecule has 0 fully saturated rings. The van der Waals surface area contributed by atoms with Crippen molar-refractivity contribution in [1.29, 1.82) is 0 Å². The average molecular weight is 540 g/mol. The number of halogens is 1. The fourth-order valence-corrected chi connectivity index (χ4v) is 5.72. The van der Waals surface area contributed by atoms with Gasteiger partial charge in [-0.25, -0.2) is 0 Å². The van der Waals surface area contributed by atoms with E-state index in [2.05, 4.69) is 15.9 Å². The molecular formula is C27H26BrNO6. The molecular weight excluding hydrogens is 514 g/mol. The van der Waals surface area contributed by atoms with Gasteiger partial charge in [-0.05, 0) is 42.5 Å². The minimum Gasteiger partial charge on any atom is -0.463 e. The normalized spacial score (nSPS) is 23.1. The number of Topliss-reactive ketones (excluding diaryl/α,β-unsaturated/α-hetero) is 1. The van der Waals surface area contributed by atoms with Crippen LogP contribution in [0, 0.1) is 5.92 Å². The van der Waals surface area contributed by atoms with Crippen molar-refractivity contribution in [2.45, 2.75) is 31.6 Å². The molecule has 0 N–H and O–H groups in total. The van der Waals surface area contributed by atoms with E-state index in [1.165, 1.54) is 0 Å². The summed E-state index contributed by atoms with van der Waals surface area (Å²) in [5, 5.41) is 0. The van der Waals surface area contributed by atoms with Gasteiger partial charge < -0.3 is 18.9 Å². The minimum atomic E-state index is -0.737. The lowest BCUT2D eigenvalue weighted by Gasteiger charge is -2.37. The van der Waals surface area contributed by atoms with Crippen LogP contribution in [-0.2, 0) is 19.1 Å². The van der Waals surface area contributed by atoms with E-state index in [0.717, 1.165) is 21.3 Å². The van der Waals surface area contributed by atoms with Crippen molar-refractivity contribution in [2.24, 2.45) is 10.9 Å². The smallest absolute Gasteiger partial charge is 0.315 e. The fourth-order valence-electron chi connectivity index (χ4n) is 5.15. The number of methoxy groups -OCH3 is 1. The van der Waals surface area contributed by atoms with Gasteiger partial charge in [-0.15, -0.1) is 0 Å². The number of rotatable bonds is 6. The second kappa shape index (κ2) is 9.95. The molecule has 2 aromatic carbocycles. The van der Waals surface area contributed by atoms with E-state index in [4.69, 9.17) is 23.9 Å². The summed E-state index contributed by atoms with van der Waals surface area (Å²) in [4.78, 5) is 31.8. The SMILES string of the molecule is COCCOC(=O)C1C(C)=NC2=C(C(=O)C[C@H](c3ccccc3)C2)[C@H]1c1cc2c(cc1Br)OCO2. The van der Waals surface area contributed by atoms with Crippen molar-refractivity contribution in [1.82, 2.24) is 0 Å². The van der Waals surface area contributed by atoms with Gasteiger partial charge in [0.25, 0.3) is 0 Å². The lowest BCUT2D eigenvalue weighted by atomic mass is 9.69. The number of nitrogens with zero attached hydrogens (tertiary/aromatic N) is 1. The second-order valence-corrected chi connectivity index (χ2v) is 9.75. The summed E-state index contributed by atoms with van der Waals surface area (Å²) in [5.41, 5.74) is 3.83. The molecule has 8 heteroatoms. The summed E-state index contributed by atoms with van der Waals surface area (Å²) in [6.07, 6.45) is 0.994. The lowest BCUT2D eigenvalue weighted by Crippen LogP contribution is -2.38. The lowest BCUT2D eigenvalue weighted by molar-refractivity contribution is -0.147. The summed E-state index contributed by atoms with van der Waals surface area (Å²) in [5.74, 6) is -0.463. The Labute approximate surface area is 212 Å². The number of allylic oxidation sites excluding steroid dienone is 2. The van der Waals surface area contributed by atoms with Crippen LogP contribution in [0.15, 0.2) is 63.2 Å². The topological polar surface area (TPSA) is 83.4 Å². The molecule has 2 heterocycles. The van der Waals surface area contributed by atoms with E-state index in [-0.39, 0.29) is 25.1 Å². The van der Waals surface area contributed by atoms with Crippen molar-refractivity contribution >= 4 is 33.4 Å². The summed E-state index contributed by atoms with van der Waals surface area (Å²) < 4.78 is 22.4. The molecule has 0 saturated heterocycles. The number of aliphatic imine (C=N–C) groups is 1. The van der Waals surface area contributed by atoms with Gasteiger partial charge in [0.05, 0.1) is 6.61 Å². The Balaban J connectivity index is 1.59. The van der Waals surface area contributed by atoms with E-state index in [1.54, 1.807) is 7.11 Å². The van der Waals surface area contributed by atoms with Crippen LogP contribution in [0.25, 0.3) is 0 Å². The van der Waals surface area contributed by atoms with Crippen LogP contribution >= 0.6 is 15.9 Å². The first-order valence-corrected chi connectivity index (χ1v) is 12.4. The standard InChI is InChI=1S/C27H26BrNO6/c1-15-24(27(31)33-9-8-32-2)25(18-12-22-23(13-19(18)28)35-14-34-22)26-20(29-15)10-17(11-21(26)30)16-6-4-3-5-7-16/h3-7,12-13,17,24-25H,8-11,14H2,1-2H3/t17-,24?,25+/m1/s1. The van der Waals surface area contributed by atoms with Crippen molar-refractivity contribution < 1.29 is 28.5 Å². The van der Waals surface area contributed by atoms with Crippen LogP contribution in [0.3, 0.4) is 0 Å². The molecule has 0 saturated carbocycles. The van der Waals surface area contributed by atoms with Gasteiger partial charge in [0.2, 0.25) is 6.79 Å². The van der Waals surface area contributed by atoms with Gasteiger partial charge in [0.1, 0.15) is 12.5 Å². The van der Waals surface area contributed by atoms with E-state index in [1.807, 2.05) is 49.4 Å². The monoisotopic (exact) mass is 539 g/mol. The highest BCUT2D eigenvalue weighted by Gasteiger charge is 2.45. The minimum absolute atomic E-state index is 0.000566. The maximum atomic E-state index is 13.7. The molecule has 3 atom stereocenters. The summed E-state index contributed by atoms with van der Waals surface area (Å²) in [6.45, 7) is 2.38. The molecule has 0 bridgehead atoms. The van der Waals surface area contributed by atoms with E-state index in [0.29, 0.717) is 42.2 Å². The Morgan fingerprint density at radius 2 is 1.86 bits per heavy atom. The van der Waals surface area contributed by atoms with Crippen LogP contribution in [0.4, 0.5) is 0 Å². The third-order valence-corrected chi connectivity index (χ3v) is 7.46. The predicted molar refractivity (Wildman–Crippen MR) is 133 cm³/mol. The highest BCUT2D eigenvalue weighted by molar-refractivity contribution is 9.10. The number of ketones is 1. The van der Waals surface area contributed by atoms with Crippen molar-refractivity contribution in [3.05, 3.63) is 69.3 Å². The number of hydrogen-bond acceptors (Lipinski definition) is 7. The number of carbonyl (C=O) groups excluding carboxylic acids is 2. The summed E-state index contributed by atoms with van der Waals surface area (Å²) in [7, 11) is 1.55. The van der Waals surface area contributed by atoms with Crippen LogP contribution in [0.5, 0.6) is 11.5 Å². The van der Waals surface area contributed by atoms with Crippen molar-refractivity contribution in [3.63, 3.8) is 0 Å². The largest absolute Gasteiger partial charge is 0.463 e. The Morgan fingerprint density at radius 1 is 1.11 bits per heavy atom. The molecule has 2 aliphatic heterocycles. The fraction of sp³-hybridized carbons (Fsp3) is 0.370. The van der Waals surface area contributed by atoms with Crippen molar-refractivity contribution in [2.75, 3.05) is 27.1 Å². The molecule has 5 rings (SSSR count).